The Morgan fingerprint density at radius 2 is 1.21 bits per heavy atom. The number of para-hydroxylation sites is 2. The summed E-state index contributed by atoms with van der Waals surface area (Å²) in [6.07, 6.45) is 8.95. The first-order valence-corrected chi connectivity index (χ1v) is 26.9. The molecule has 3 aromatic heterocycles. The minimum atomic E-state index is -0.723. The Balaban J connectivity index is 0.939. The Kier molecular flexibility index (Phi) is 9.56. The van der Waals surface area contributed by atoms with Crippen LogP contribution in [0.2, 0.25) is 0 Å². The van der Waals surface area contributed by atoms with E-state index < -0.39 is 5.41 Å². The second kappa shape index (κ2) is 16.8. The van der Waals surface area contributed by atoms with E-state index in [1.807, 2.05) is 48.5 Å². The molecule has 4 aliphatic rings. The number of nitrogens with one attached hydrogen (secondary N) is 1. The zero-order valence-electron chi connectivity index (χ0n) is 42.9. The van der Waals surface area contributed by atoms with E-state index in [0.717, 1.165) is 91.1 Å². The Morgan fingerprint density at radius 1 is 0.564 bits per heavy atom. The van der Waals surface area contributed by atoms with Gasteiger partial charge in [-0.15, -0.1) is 0 Å². The highest BCUT2D eigenvalue weighted by atomic mass is 16.3. The van der Waals surface area contributed by atoms with E-state index in [9.17, 15) is 0 Å². The third kappa shape index (κ3) is 6.35. The predicted molar refractivity (Wildman–Crippen MR) is 313 cm³/mol. The molecule has 9 aromatic carbocycles. The van der Waals surface area contributed by atoms with Crippen LogP contribution in [0.25, 0.3) is 83.8 Å². The highest BCUT2D eigenvalue weighted by molar-refractivity contribution is 6.11. The van der Waals surface area contributed by atoms with Crippen molar-refractivity contribution in [2.24, 2.45) is 4.99 Å². The molecule has 0 bridgehead atoms. The lowest BCUT2D eigenvalue weighted by atomic mass is 9.55. The largest absolute Gasteiger partial charge is 0.456 e. The molecular formula is C71H48N6O. The number of allylic oxidation sites excluding steroid dienone is 4. The molecule has 0 saturated heterocycles. The van der Waals surface area contributed by atoms with Crippen molar-refractivity contribution in [3.8, 4) is 45.3 Å². The summed E-state index contributed by atoms with van der Waals surface area (Å²) in [5.41, 5.74) is 18.1. The third-order valence-corrected chi connectivity index (χ3v) is 16.9. The van der Waals surface area contributed by atoms with E-state index >= 15 is 0 Å². The van der Waals surface area contributed by atoms with Crippen molar-refractivity contribution in [1.82, 2.24) is 24.8 Å². The van der Waals surface area contributed by atoms with Crippen molar-refractivity contribution >= 4 is 50.0 Å². The summed E-state index contributed by atoms with van der Waals surface area (Å²) in [7, 11) is 0. The molecule has 1 aliphatic heterocycles. The molecular weight excluding hydrogens is 953 g/mol. The molecule has 0 saturated carbocycles. The van der Waals surface area contributed by atoms with Crippen LogP contribution >= 0.6 is 0 Å². The Bertz CT molecular complexity index is 4470. The van der Waals surface area contributed by atoms with Gasteiger partial charge in [-0.1, -0.05) is 202 Å². The molecule has 368 valence electrons. The number of aromatic nitrogens is 4. The van der Waals surface area contributed by atoms with Gasteiger partial charge in [-0.2, -0.15) is 0 Å². The van der Waals surface area contributed by atoms with Crippen molar-refractivity contribution in [3.63, 3.8) is 0 Å². The topological polar surface area (TPSA) is 81.1 Å². The zero-order chi connectivity index (χ0) is 51.7. The normalized spacial score (nSPS) is 16.2. The summed E-state index contributed by atoms with van der Waals surface area (Å²) >= 11 is 0. The van der Waals surface area contributed by atoms with Crippen molar-refractivity contribution in [3.05, 3.63) is 281 Å². The molecule has 1 atom stereocenters. The molecule has 1 spiro atoms. The van der Waals surface area contributed by atoms with Gasteiger partial charge in [-0.3, -0.25) is 0 Å². The van der Waals surface area contributed by atoms with Gasteiger partial charge in [0.15, 0.2) is 23.2 Å². The average molecular weight is 1000 g/mol. The first-order valence-electron chi connectivity index (χ1n) is 26.9. The van der Waals surface area contributed by atoms with Crippen molar-refractivity contribution < 1.29 is 4.42 Å². The fourth-order valence-electron chi connectivity index (χ4n) is 13.4. The van der Waals surface area contributed by atoms with Gasteiger partial charge in [0.25, 0.3) is 0 Å². The summed E-state index contributed by atoms with van der Waals surface area (Å²) in [5, 5.41) is 7.40. The Labute approximate surface area is 451 Å². The first kappa shape index (κ1) is 44.4. The van der Waals surface area contributed by atoms with Crippen molar-refractivity contribution in [2.75, 3.05) is 0 Å². The number of benzene rings is 8. The molecule has 3 aliphatic carbocycles. The number of rotatable bonds is 6. The molecule has 12 aromatic rings. The van der Waals surface area contributed by atoms with E-state index in [4.69, 9.17) is 24.4 Å². The maximum absolute atomic E-state index is 6.86. The molecule has 4 heterocycles. The summed E-state index contributed by atoms with van der Waals surface area (Å²) < 4.78 is 9.28. The molecule has 1 unspecified atom stereocenters. The van der Waals surface area contributed by atoms with Crippen LogP contribution in [0.1, 0.15) is 83.0 Å². The fraction of sp³-hybridized carbons (Fsp3) is 0.0986. The maximum Gasteiger partial charge on any atom is 0.173 e. The number of amidine groups is 1. The molecule has 7 heteroatoms. The molecule has 0 amide bonds. The minimum absolute atomic E-state index is 0.277. The van der Waals surface area contributed by atoms with Crippen LogP contribution in [0.15, 0.2) is 228 Å². The molecule has 7 nitrogen and oxygen atoms in total. The Hall–Kier alpha value is -9.90. The number of nitrogens with zero attached hydrogens (tertiary/aromatic N) is 5. The van der Waals surface area contributed by atoms with Crippen molar-refractivity contribution in [2.45, 2.75) is 43.6 Å². The summed E-state index contributed by atoms with van der Waals surface area (Å²) in [4.78, 5) is 21.3. The van der Waals surface area contributed by atoms with E-state index in [-0.39, 0.29) is 11.5 Å². The minimum Gasteiger partial charge on any atom is -0.456 e. The SMILES string of the molecule is CC1(C)c2ccccc2C2(c3ccc(C4=Nc5c(oc6ccccc56)C(c5ccc6c7ccccc7n(C7=CCCC=C7)c6c5)N4)cc3-c3c(-c4nc(-c5ccccc5)nc(-c5ccccc5)n4)c#ccc32)c2ccccc21. The monoisotopic (exact) mass is 1000 g/mol. The number of hydrogen-bond donors (Lipinski definition) is 1. The lowest BCUT2D eigenvalue weighted by Gasteiger charge is -2.46. The van der Waals surface area contributed by atoms with Gasteiger partial charge in [0.05, 0.1) is 22.0 Å². The van der Waals surface area contributed by atoms with Crippen LogP contribution in [0, 0.1) is 12.1 Å². The molecule has 78 heavy (non-hydrogen) atoms. The summed E-state index contributed by atoms with van der Waals surface area (Å²) in [5.74, 6) is 3.23. The first-order chi connectivity index (χ1) is 38.4. The van der Waals surface area contributed by atoms with Gasteiger partial charge >= 0.3 is 0 Å². The second-order valence-electron chi connectivity index (χ2n) is 21.4. The molecule has 0 radical (unpaired) electrons. The number of hydrogen-bond acceptors (Lipinski definition) is 6. The quantitative estimate of drug-likeness (QED) is 0.179. The summed E-state index contributed by atoms with van der Waals surface area (Å²) in [6.45, 7) is 4.71. The van der Waals surface area contributed by atoms with Gasteiger partial charge in [-0.05, 0) is 99.8 Å². The van der Waals surface area contributed by atoms with Gasteiger partial charge in [0.1, 0.15) is 23.1 Å². The molecule has 1 N–H and O–H groups in total. The smallest absolute Gasteiger partial charge is 0.173 e. The molecule has 16 rings (SSSR count). The number of fused-ring (bicyclic) bond motifs is 15. The number of aliphatic imine (C=N–C) groups is 1. The fourth-order valence-corrected chi connectivity index (χ4v) is 13.4. The van der Waals surface area contributed by atoms with Crippen LogP contribution in [0.4, 0.5) is 5.69 Å². The lowest BCUT2D eigenvalue weighted by molar-refractivity contribution is 0.504. The Morgan fingerprint density at radius 3 is 1.92 bits per heavy atom. The highest BCUT2D eigenvalue weighted by Crippen LogP contribution is 2.63. The van der Waals surface area contributed by atoms with E-state index in [1.165, 1.54) is 49.8 Å². The second-order valence-corrected chi connectivity index (χ2v) is 21.4. The average Bonchev–Trinajstić information content (AvgIpc) is 4.33. The molecule has 0 fully saturated rings. The van der Waals surface area contributed by atoms with Crippen LogP contribution in [0.3, 0.4) is 0 Å². The van der Waals surface area contributed by atoms with E-state index in [2.05, 4.69) is 206 Å². The van der Waals surface area contributed by atoms with Gasteiger partial charge in [-0.25, -0.2) is 19.9 Å². The third-order valence-electron chi connectivity index (χ3n) is 16.9. The lowest BCUT2D eigenvalue weighted by Crippen LogP contribution is -2.40. The van der Waals surface area contributed by atoms with Crippen LogP contribution in [-0.2, 0) is 10.8 Å². The number of furan rings is 1. The van der Waals surface area contributed by atoms with Gasteiger partial charge < -0.3 is 14.3 Å². The predicted octanol–water partition coefficient (Wildman–Crippen LogP) is 16.3. The van der Waals surface area contributed by atoms with E-state index in [0.29, 0.717) is 17.5 Å². The van der Waals surface area contributed by atoms with Crippen LogP contribution in [-0.4, -0.2) is 25.4 Å². The van der Waals surface area contributed by atoms with E-state index in [1.54, 1.807) is 0 Å². The highest BCUT2D eigenvalue weighted by Gasteiger charge is 2.54. The van der Waals surface area contributed by atoms with Crippen LogP contribution in [0.5, 0.6) is 0 Å². The zero-order valence-corrected chi connectivity index (χ0v) is 42.9. The standard InChI is InChI=1S/C71H48N6O/c1-70(2)54-30-14-16-32-56(54)71(57-33-17-15-31-55(57)70)53-40-38-46(41-52(53)62-51(29-20-34-58(62)71)69-75-66(43-21-6-3-7-22-43)74-67(76-69)44-23-8-4-9-24-44)68-72-63(65-64(73-68)50-28-13-19-36-61(50)78-65)45-37-39-49-48-27-12-18-35-59(48)77(60(49)42-45)47-25-10-5-11-26-47/h3-4,6-10,12-19,21-28,30-42,63H,5,11H2,1-2H3,(H,72,73). The van der Waals surface area contributed by atoms with Crippen molar-refractivity contribution in [1.29, 1.82) is 0 Å². The van der Waals surface area contributed by atoms with Gasteiger partial charge in [0, 0.05) is 49.5 Å². The van der Waals surface area contributed by atoms with Gasteiger partial charge in [0.2, 0.25) is 0 Å². The van der Waals surface area contributed by atoms with Crippen LogP contribution < -0.4 is 5.32 Å². The maximum atomic E-state index is 6.86. The summed E-state index contributed by atoms with van der Waals surface area (Å²) in [6, 6.07) is 78.1.